The quantitative estimate of drug-likeness (QED) is 0.582. The Hall–Kier alpha value is -1.99. The maximum atomic E-state index is 12.0. The fourth-order valence-corrected chi connectivity index (χ4v) is 2.60. The van der Waals surface area contributed by atoms with Crippen LogP contribution >= 0.6 is 0 Å². The molecule has 7 heteroatoms. The van der Waals surface area contributed by atoms with Crippen molar-refractivity contribution in [2.45, 2.75) is 32.4 Å². The fourth-order valence-electron chi connectivity index (χ4n) is 2.60. The number of carbonyl (C=O) groups is 1. The monoisotopic (exact) mass is 321 g/mol. The number of ether oxygens (including phenoxy) is 1. The van der Waals surface area contributed by atoms with Gasteiger partial charge >= 0.3 is 0 Å². The maximum Gasteiger partial charge on any atom is 0.269 e. The van der Waals surface area contributed by atoms with E-state index in [0.717, 1.165) is 25.0 Å². The summed E-state index contributed by atoms with van der Waals surface area (Å²) in [6.45, 7) is 4.75. The molecule has 1 atom stereocenters. The number of nitro groups is 1. The lowest BCUT2D eigenvalue weighted by molar-refractivity contribution is -0.384. The zero-order valence-corrected chi connectivity index (χ0v) is 13.4. The molecule has 1 aliphatic heterocycles. The van der Waals surface area contributed by atoms with Crippen LogP contribution in [0.25, 0.3) is 0 Å². The third kappa shape index (κ3) is 5.61. The van der Waals surface area contributed by atoms with Crippen LogP contribution in [0.3, 0.4) is 0 Å². The van der Waals surface area contributed by atoms with Crippen LogP contribution in [0.5, 0.6) is 0 Å². The van der Waals surface area contributed by atoms with Gasteiger partial charge in [0.1, 0.15) is 0 Å². The molecule has 0 saturated carbocycles. The van der Waals surface area contributed by atoms with Gasteiger partial charge in [-0.15, -0.1) is 0 Å². The Morgan fingerprint density at radius 1 is 1.52 bits per heavy atom. The van der Waals surface area contributed by atoms with E-state index >= 15 is 0 Å². The van der Waals surface area contributed by atoms with Gasteiger partial charge < -0.3 is 10.1 Å². The summed E-state index contributed by atoms with van der Waals surface area (Å²) in [7, 11) is 0. The molecule has 1 saturated heterocycles. The number of amides is 1. The van der Waals surface area contributed by atoms with E-state index in [-0.39, 0.29) is 24.2 Å². The largest absolute Gasteiger partial charge is 0.376 e. The van der Waals surface area contributed by atoms with E-state index in [1.807, 2.05) is 17.9 Å². The molecule has 0 unspecified atom stereocenters. The molecule has 23 heavy (non-hydrogen) atoms. The van der Waals surface area contributed by atoms with E-state index in [0.29, 0.717) is 19.6 Å². The Bertz CT molecular complexity index is 544. The summed E-state index contributed by atoms with van der Waals surface area (Å²) in [5.74, 6) is -0.0484. The van der Waals surface area contributed by atoms with E-state index in [2.05, 4.69) is 5.32 Å². The zero-order valence-electron chi connectivity index (χ0n) is 13.4. The van der Waals surface area contributed by atoms with E-state index < -0.39 is 4.92 Å². The lowest BCUT2D eigenvalue weighted by atomic mass is 10.2. The van der Waals surface area contributed by atoms with Crippen LogP contribution in [0.15, 0.2) is 24.3 Å². The highest BCUT2D eigenvalue weighted by molar-refractivity contribution is 5.78. The molecule has 1 N–H and O–H groups in total. The van der Waals surface area contributed by atoms with Crippen molar-refractivity contribution in [2.75, 3.05) is 26.2 Å². The first-order chi connectivity index (χ1) is 11.1. The average molecular weight is 321 g/mol. The molecule has 0 spiro atoms. The fraction of sp³-hybridized carbons (Fsp3) is 0.562. The zero-order chi connectivity index (χ0) is 16.7. The second kappa shape index (κ2) is 8.59. The Balaban J connectivity index is 1.83. The molecule has 0 aliphatic carbocycles. The van der Waals surface area contributed by atoms with E-state index in [9.17, 15) is 14.9 Å². The maximum absolute atomic E-state index is 12.0. The Kier molecular flexibility index (Phi) is 6.49. The SMILES string of the molecule is CCN(CC(=O)NC[C@H]1CCCO1)Cc1cccc([N+](=O)[O-])c1. The first-order valence-electron chi connectivity index (χ1n) is 7.92. The predicted octanol–water partition coefficient (Wildman–Crippen LogP) is 1.71. The van der Waals surface area contributed by atoms with Crippen molar-refractivity contribution in [1.82, 2.24) is 10.2 Å². The normalized spacial score (nSPS) is 17.4. The standard InChI is InChI=1S/C16H23N3O4/c1-2-18(11-13-5-3-6-14(9-13)19(21)22)12-16(20)17-10-15-7-4-8-23-15/h3,5-6,9,15H,2,4,7-8,10-12H2,1H3,(H,17,20)/t15-/m1/s1. The molecule has 1 fully saturated rings. The summed E-state index contributed by atoms with van der Waals surface area (Å²) >= 11 is 0. The van der Waals surface area contributed by atoms with Crippen LogP contribution in [-0.2, 0) is 16.1 Å². The second-order valence-corrected chi connectivity index (χ2v) is 5.67. The molecule has 7 nitrogen and oxygen atoms in total. The predicted molar refractivity (Wildman–Crippen MR) is 86.0 cm³/mol. The third-order valence-corrected chi connectivity index (χ3v) is 3.89. The van der Waals surface area contributed by atoms with Crippen molar-refractivity contribution in [3.63, 3.8) is 0 Å². The number of benzene rings is 1. The van der Waals surface area contributed by atoms with Crippen molar-refractivity contribution in [1.29, 1.82) is 0 Å². The molecule has 0 radical (unpaired) electrons. The van der Waals surface area contributed by atoms with Gasteiger partial charge in [-0.05, 0) is 24.9 Å². The molecular formula is C16H23N3O4. The number of rotatable bonds is 8. The molecule has 1 aliphatic rings. The van der Waals surface area contributed by atoms with Gasteiger partial charge in [-0.2, -0.15) is 0 Å². The van der Waals surface area contributed by atoms with E-state index in [1.165, 1.54) is 6.07 Å². The van der Waals surface area contributed by atoms with Crippen LogP contribution in [0.4, 0.5) is 5.69 Å². The summed E-state index contributed by atoms with van der Waals surface area (Å²) in [6, 6.07) is 6.51. The summed E-state index contributed by atoms with van der Waals surface area (Å²) in [6.07, 6.45) is 2.17. The van der Waals surface area contributed by atoms with Crippen LogP contribution in [-0.4, -0.2) is 48.1 Å². The number of hydrogen-bond donors (Lipinski definition) is 1. The molecule has 1 amide bonds. The molecule has 1 heterocycles. The Morgan fingerprint density at radius 2 is 2.35 bits per heavy atom. The average Bonchev–Trinajstić information content (AvgIpc) is 3.06. The number of nitrogens with one attached hydrogen (secondary N) is 1. The van der Waals surface area contributed by atoms with E-state index in [1.54, 1.807) is 12.1 Å². The Morgan fingerprint density at radius 3 is 3.00 bits per heavy atom. The van der Waals surface area contributed by atoms with Crippen LogP contribution in [0.1, 0.15) is 25.3 Å². The van der Waals surface area contributed by atoms with Crippen LogP contribution in [0, 0.1) is 10.1 Å². The minimum Gasteiger partial charge on any atom is -0.376 e. The highest BCUT2D eigenvalue weighted by Gasteiger charge is 2.17. The van der Waals surface area contributed by atoms with E-state index in [4.69, 9.17) is 4.74 Å². The highest BCUT2D eigenvalue weighted by atomic mass is 16.6. The number of nitro benzene ring substituents is 1. The van der Waals surface area contributed by atoms with Gasteiger partial charge in [-0.25, -0.2) is 0 Å². The van der Waals surface area contributed by atoms with Gasteiger partial charge in [-0.3, -0.25) is 19.8 Å². The molecule has 126 valence electrons. The van der Waals surface area contributed by atoms with Crippen molar-refractivity contribution in [3.8, 4) is 0 Å². The number of nitrogens with zero attached hydrogens (tertiary/aromatic N) is 2. The molecule has 1 aromatic rings. The van der Waals surface area contributed by atoms with Gasteiger partial charge in [0.15, 0.2) is 0 Å². The molecule has 2 rings (SSSR count). The van der Waals surface area contributed by atoms with Gasteiger partial charge in [-0.1, -0.05) is 19.1 Å². The lowest BCUT2D eigenvalue weighted by Crippen LogP contribution is -2.39. The number of likely N-dealkylation sites (N-methyl/N-ethyl adjacent to an activating group) is 1. The van der Waals surface area contributed by atoms with Crippen molar-refractivity contribution >= 4 is 11.6 Å². The van der Waals surface area contributed by atoms with Crippen molar-refractivity contribution in [2.24, 2.45) is 0 Å². The summed E-state index contributed by atoms with van der Waals surface area (Å²) < 4.78 is 5.47. The van der Waals surface area contributed by atoms with Gasteiger partial charge in [0.2, 0.25) is 5.91 Å². The minimum atomic E-state index is -0.409. The van der Waals surface area contributed by atoms with Gasteiger partial charge in [0.05, 0.1) is 17.6 Å². The van der Waals surface area contributed by atoms with Crippen LogP contribution in [0.2, 0.25) is 0 Å². The first kappa shape index (κ1) is 17.4. The number of non-ortho nitro benzene ring substituents is 1. The minimum absolute atomic E-state index is 0.0484. The lowest BCUT2D eigenvalue weighted by Gasteiger charge is -2.20. The first-order valence-corrected chi connectivity index (χ1v) is 7.92. The molecule has 0 bridgehead atoms. The summed E-state index contributed by atoms with van der Waals surface area (Å²) in [4.78, 5) is 24.4. The number of hydrogen-bond acceptors (Lipinski definition) is 5. The second-order valence-electron chi connectivity index (χ2n) is 5.67. The van der Waals surface area contributed by atoms with Crippen molar-refractivity contribution < 1.29 is 14.5 Å². The van der Waals surface area contributed by atoms with Crippen molar-refractivity contribution in [3.05, 3.63) is 39.9 Å². The smallest absolute Gasteiger partial charge is 0.269 e. The molecular weight excluding hydrogens is 298 g/mol. The van der Waals surface area contributed by atoms with Gasteiger partial charge in [0, 0.05) is 31.8 Å². The van der Waals surface area contributed by atoms with Crippen LogP contribution < -0.4 is 5.32 Å². The molecule has 0 aromatic heterocycles. The summed E-state index contributed by atoms with van der Waals surface area (Å²) in [5.41, 5.74) is 0.898. The third-order valence-electron chi connectivity index (χ3n) is 3.89. The topological polar surface area (TPSA) is 84.7 Å². The van der Waals surface area contributed by atoms with Gasteiger partial charge in [0.25, 0.3) is 5.69 Å². The molecule has 1 aromatic carbocycles. The summed E-state index contributed by atoms with van der Waals surface area (Å²) in [5, 5.41) is 13.7. The highest BCUT2D eigenvalue weighted by Crippen LogP contribution is 2.14. The Labute approximate surface area is 135 Å². The number of carbonyl (C=O) groups excluding carboxylic acids is 1.